The number of hydrogen-bond acceptors (Lipinski definition) is 5. The highest BCUT2D eigenvalue weighted by molar-refractivity contribution is 6.17. The van der Waals surface area contributed by atoms with Gasteiger partial charge in [-0.15, -0.1) is 11.6 Å². The van der Waals surface area contributed by atoms with Gasteiger partial charge in [0, 0.05) is 27.0 Å². The van der Waals surface area contributed by atoms with Crippen molar-refractivity contribution in [1.29, 1.82) is 0 Å². The Morgan fingerprint density at radius 2 is 1.95 bits per heavy atom. The van der Waals surface area contributed by atoms with E-state index in [1.54, 1.807) is 14.2 Å². The van der Waals surface area contributed by atoms with Gasteiger partial charge in [0.25, 0.3) is 0 Å². The smallest absolute Gasteiger partial charge is 0.303 e. The van der Waals surface area contributed by atoms with Gasteiger partial charge in [-0.25, -0.2) is 0 Å². The van der Waals surface area contributed by atoms with Crippen LogP contribution in [0.1, 0.15) is 25.3 Å². The third kappa shape index (κ3) is 6.64. The molecular weight excluding hydrogens is 308 g/mol. The van der Waals surface area contributed by atoms with Crippen LogP contribution < -0.4 is 4.74 Å². The Hall–Kier alpha value is -1.30. The molecule has 2 unspecified atom stereocenters. The minimum absolute atomic E-state index is 0.318. The van der Waals surface area contributed by atoms with E-state index in [4.69, 9.17) is 25.8 Å². The molecule has 0 saturated carbocycles. The van der Waals surface area contributed by atoms with Crippen molar-refractivity contribution >= 4 is 17.6 Å². The fraction of sp³-hybridized carbons (Fsp3) is 0.562. The number of benzene rings is 1. The molecule has 0 radical (unpaired) electrons. The number of carbonyl (C=O) groups is 1. The third-order valence-electron chi connectivity index (χ3n) is 2.87. The standard InChI is InChI=1S/C14H17ClO4.C2H6O/c1-10(16)18-13-3-2-8-17-14(13)19-12-6-4-11(9-15)5-7-12;1-3-2/h4-7,13-14H,2-3,8-9H2,1H3;1-2H3. The summed E-state index contributed by atoms with van der Waals surface area (Å²) < 4.78 is 20.7. The topological polar surface area (TPSA) is 54.0 Å². The first-order valence-corrected chi connectivity index (χ1v) is 7.64. The summed E-state index contributed by atoms with van der Waals surface area (Å²) in [5.74, 6) is 0.829. The second-order valence-corrected chi connectivity index (χ2v) is 5.10. The summed E-state index contributed by atoms with van der Waals surface area (Å²) in [6, 6.07) is 7.46. The number of alkyl halides is 1. The number of methoxy groups -OCH3 is 1. The molecule has 1 aliphatic rings. The summed E-state index contributed by atoms with van der Waals surface area (Å²) in [7, 11) is 3.25. The molecule has 1 fully saturated rings. The van der Waals surface area contributed by atoms with Crippen LogP contribution in [0, 0.1) is 0 Å². The van der Waals surface area contributed by atoms with E-state index in [-0.39, 0.29) is 12.1 Å². The monoisotopic (exact) mass is 330 g/mol. The first-order valence-electron chi connectivity index (χ1n) is 7.11. The molecule has 0 bridgehead atoms. The van der Waals surface area contributed by atoms with E-state index >= 15 is 0 Å². The van der Waals surface area contributed by atoms with Gasteiger partial charge in [0.1, 0.15) is 5.75 Å². The Morgan fingerprint density at radius 3 is 2.50 bits per heavy atom. The highest BCUT2D eigenvalue weighted by Gasteiger charge is 2.30. The minimum atomic E-state index is -0.542. The van der Waals surface area contributed by atoms with Crippen LogP contribution in [0.25, 0.3) is 0 Å². The average molecular weight is 331 g/mol. The lowest BCUT2D eigenvalue weighted by Gasteiger charge is -2.31. The van der Waals surface area contributed by atoms with Crippen molar-refractivity contribution in [2.75, 3.05) is 20.8 Å². The number of halogens is 1. The summed E-state index contributed by atoms with van der Waals surface area (Å²) in [5.41, 5.74) is 1.02. The van der Waals surface area contributed by atoms with Crippen LogP contribution in [0.2, 0.25) is 0 Å². The molecule has 1 aliphatic heterocycles. The quantitative estimate of drug-likeness (QED) is 0.627. The molecule has 0 aromatic heterocycles. The Balaban J connectivity index is 0.000000745. The third-order valence-corrected chi connectivity index (χ3v) is 3.17. The SMILES string of the molecule is CC(=O)OC1CCCOC1Oc1ccc(CCl)cc1.COC. The fourth-order valence-electron chi connectivity index (χ4n) is 1.96. The zero-order chi connectivity index (χ0) is 16.4. The molecule has 1 aromatic carbocycles. The molecule has 22 heavy (non-hydrogen) atoms. The van der Waals surface area contributed by atoms with Crippen molar-refractivity contribution in [2.24, 2.45) is 0 Å². The molecule has 1 heterocycles. The van der Waals surface area contributed by atoms with Crippen molar-refractivity contribution in [1.82, 2.24) is 0 Å². The molecule has 124 valence electrons. The number of rotatable bonds is 4. The van der Waals surface area contributed by atoms with E-state index in [9.17, 15) is 4.79 Å². The Kier molecular flexibility index (Phi) is 8.89. The van der Waals surface area contributed by atoms with Gasteiger partial charge in [-0.3, -0.25) is 4.79 Å². The van der Waals surface area contributed by atoms with Crippen molar-refractivity contribution < 1.29 is 23.7 Å². The zero-order valence-corrected chi connectivity index (χ0v) is 14.0. The fourth-order valence-corrected chi connectivity index (χ4v) is 2.13. The van der Waals surface area contributed by atoms with E-state index in [1.165, 1.54) is 6.92 Å². The first kappa shape index (κ1) is 18.7. The van der Waals surface area contributed by atoms with Crippen molar-refractivity contribution in [2.45, 2.75) is 38.0 Å². The van der Waals surface area contributed by atoms with Gasteiger partial charge in [0.2, 0.25) is 6.29 Å². The van der Waals surface area contributed by atoms with Crippen LogP contribution in [0.15, 0.2) is 24.3 Å². The zero-order valence-electron chi connectivity index (χ0n) is 13.2. The van der Waals surface area contributed by atoms with Crippen molar-refractivity contribution in [3.05, 3.63) is 29.8 Å². The summed E-state index contributed by atoms with van der Waals surface area (Å²) >= 11 is 5.73. The van der Waals surface area contributed by atoms with E-state index in [1.807, 2.05) is 24.3 Å². The van der Waals surface area contributed by atoms with Gasteiger partial charge in [-0.1, -0.05) is 12.1 Å². The van der Waals surface area contributed by atoms with Crippen LogP contribution in [0.3, 0.4) is 0 Å². The van der Waals surface area contributed by atoms with Crippen LogP contribution >= 0.6 is 11.6 Å². The molecule has 2 atom stereocenters. The number of hydrogen-bond donors (Lipinski definition) is 0. The number of ether oxygens (including phenoxy) is 4. The summed E-state index contributed by atoms with van der Waals surface area (Å²) in [5, 5.41) is 0. The van der Waals surface area contributed by atoms with E-state index in [0.29, 0.717) is 18.2 Å². The molecular formula is C16H23ClO5. The summed E-state index contributed by atoms with van der Waals surface area (Å²) in [6.45, 7) is 2.00. The molecule has 0 amide bonds. The van der Waals surface area contributed by atoms with E-state index in [0.717, 1.165) is 18.4 Å². The lowest BCUT2D eigenvalue weighted by molar-refractivity contribution is -0.195. The normalized spacial score (nSPS) is 20.5. The van der Waals surface area contributed by atoms with Crippen LogP contribution in [0.5, 0.6) is 5.75 Å². The molecule has 1 aromatic rings. The average Bonchev–Trinajstić information content (AvgIpc) is 2.50. The van der Waals surface area contributed by atoms with Gasteiger partial charge in [-0.05, 0) is 30.5 Å². The predicted octanol–water partition coefficient (Wildman–Crippen LogP) is 3.14. The second-order valence-electron chi connectivity index (χ2n) is 4.83. The van der Waals surface area contributed by atoms with Crippen molar-refractivity contribution in [3.8, 4) is 5.75 Å². The van der Waals surface area contributed by atoms with Crippen LogP contribution in [0.4, 0.5) is 0 Å². The first-order chi connectivity index (χ1) is 10.6. The van der Waals surface area contributed by atoms with Gasteiger partial charge in [0.15, 0.2) is 6.10 Å². The molecule has 0 aliphatic carbocycles. The molecule has 1 saturated heterocycles. The molecule has 2 rings (SSSR count). The number of carbonyl (C=O) groups excluding carboxylic acids is 1. The minimum Gasteiger partial charge on any atom is -0.461 e. The number of esters is 1. The summed E-state index contributed by atoms with van der Waals surface area (Å²) in [6.07, 6.45) is 0.728. The maximum atomic E-state index is 11.0. The maximum Gasteiger partial charge on any atom is 0.303 e. The Labute approximate surface area is 136 Å². The molecule has 0 spiro atoms. The lowest BCUT2D eigenvalue weighted by Crippen LogP contribution is -2.41. The maximum absolute atomic E-state index is 11.0. The predicted molar refractivity (Wildman–Crippen MR) is 84.1 cm³/mol. The Bertz CT molecular complexity index is 435. The van der Waals surface area contributed by atoms with E-state index < -0.39 is 6.29 Å². The lowest BCUT2D eigenvalue weighted by atomic mass is 10.1. The molecule has 6 heteroatoms. The molecule has 0 N–H and O–H groups in total. The second kappa shape index (κ2) is 10.4. The van der Waals surface area contributed by atoms with Gasteiger partial charge in [0.05, 0.1) is 6.61 Å². The Morgan fingerprint density at radius 1 is 1.32 bits per heavy atom. The highest BCUT2D eigenvalue weighted by Crippen LogP contribution is 2.22. The van der Waals surface area contributed by atoms with Gasteiger partial charge in [-0.2, -0.15) is 0 Å². The van der Waals surface area contributed by atoms with E-state index in [2.05, 4.69) is 4.74 Å². The van der Waals surface area contributed by atoms with Crippen LogP contribution in [-0.2, 0) is 24.9 Å². The van der Waals surface area contributed by atoms with Gasteiger partial charge < -0.3 is 18.9 Å². The largest absolute Gasteiger partial charge is 0.461 e. The van der Waals surface area contributed by atoms with Crippen molar-refractivity contribution in [3.63, 3.8) is 0 Å². The van der Waals surface area contributed by atoms with Crippen LogP contribution in [-0.4, -0.2) is 39.2 Å². The summed E-state index contributed by atoms with van der Waals surface area (Å²) in [4.78, 5) is 11.0. The molecule has 5 nitrogen and oxygen atoms in total. The highest BCUT2D eigenvalue weighted by atomic mass is 35.5. The van der Waals surface area contributed by atoms with Gasteiger partial charge >= 0.3 is 5.97 Å².